The Hall–Kier alpha value is -1.74. The van der Waals surface area contributed by atoms with Gasteiger partial charge < -0.3 is 9.31 Å². The first-order valence-corrected chi connectivity index (χ1v) is 10.1. The monoisotopic (exact) mass is 391 g/mol. The van der Waals surface area contributed by atoms with Crippen LogP contribution in [0.1, 0.15) is 27.7 Å². The SMILES string of the molecule is CNS(=O)(=O)c1ccccc1-c1ccc(B2OC(C)(C)C(C)(C)O2)c(F)c1. The van der Waals surface area contributed by atoms with Gasteiger partial charge in [0.05, 0.1) is 16.1 Å². The van der Waals surface area contributed by atoms with E-state index in [0.29, 0.717) is 11.1 Å². The number of rotatable bonds is 4. The van der Waals surface area contributed by atoms with Gasteiger partial charge in [-0.15, -0.1) is 0 Å². The lowest BCUT2D eigenvalue weighted by Gasteiger charge is -2.32. The van der Waals surface area contributed by atoms with Gasteiger partial charge in [0.15, 0.2) is 0 Å². The van der Waals surface area contributed by atoms with Crippen molar-refractivity contribution in [3.63, 3.8) is 0 Å². The van der Waals surface area contributed by atoms with E-state index in [4.69, 9.17) is 9.31 Å². The van der Waals surface area contributed by atoms with E-state index in [1.54, 1.807) is 30.3 Å². The third-order valence-electron chi connectivity index (χ3n) is 5.26. The molecule has 0 aliphatic carbocycles. The normalized spacial score (nSPS) is 18.7. The number of hydrogen-bond donors (Lipinski definition) is 1. The first-order valence-electron chi connectivity index (χ1n) is 8.66. The van der Waals surface area contributed by atoms with Crippen molar-refractivity contribution in [2.24, 2.45) is 0 Å². The minimum absolute atomic E-state index is 0.0929. The average Bonchev–Trinajstić information content (AvgIpc) is 2.82. The van der Waals surface area contributed by atoms with Crippen LogP contribution in [0.25, 0.3) is 11.1 Å². The van der Waals surface area contributed by atoms with Gasteiger partial charge in [0, 0.05) is 11.0 Å². The lowest BCUT2D eigenvalue weighted by molar-refractivity contribution is 0.00578. The van der Waals surface area contributed by atoms with E-state index in [9.17, 15) is 12.8 Å². The van der Waals surface area contributed by atoms with Gasteiger partial charge in [0.25, 0.3) is 0 Å². The molecule has 0 amide bonds. The van der Waals surface area contributed by atoms with Gasteiger partial charge in [-0.1, -0.05) is 30.3 Å². The molecule has 27 heavy (non-hydrogen) atoms. The second kappa shape index (κ2) is 6.70. The second-order valence-corrected chi connectivity index (χ2v) is 9.38. The van der Waals surface area contributed by atoms with Crippen LogP contribution in [0, 0.1) is 5.82 Å². The predicted octanol–water partition coefficient (Wildman–Crippen LogP) is 2.70. The molecule has 3 rings (SSSR count). The van der Waals surface area contributed by atoms with Crippen molar-refractivity contribution in [2.75, 3.05) is 7.05 Å². The highest BCUT2D eigenvalue weighted by atomic mass is 32.2. The zero-order valence-electron chi connectivity index (χ0n) is 16.0. The van der Waals surface area contributed by atoms with Gasteiger partial charge in [-0.25, -0.2) is 17.5 Å². The number of hydrogen-bond acceptors (Lipinski definition) is 4. The van der Waals surface area contributed by atoms with Crippen LogP contribution >= 0.6 is 0 Å². The Morgan fingerprint density at radius 1 is 1.00 bits per heavy atom. The molecule has 2 aromatic rings. The largest absolute Gasteiger partial charge is 0.497 e. The molecule has 1 aliphatic rings. The molecule has 0 spiro atoms. The topological polar surface area (TPSA) is 64.6 Å². The zero-order chi connectivity index (χ0) is 20.0. The molecule has 2 aromatic carbocycles. The van der Waals surface area contributed by atoms with Gasteiger partial charge >= 0.3 is 7.12 Å². The molecule has 0 radical (unpaired) electrons. The first-order chi connectivity index (χ1) is 12.5. The van der Waals surface area contributed by atoms with Crippen molar-refractivity contribution >= 4 is 22.6 Å². The zero-order valence-corrected chi connectivity index (χ0v) is 16.9. The molecule has 1 aliphatic heterocycles. The van der Waals surface area contributed by atoms with Crippen molar-refractivity contribution in [2.45, 2.75) is 43.8 Å². The maximum absolute atomic E-state index is 14.9. The summed E-state index contributed by atoms with van der Waals surface area (Å²) >= 11 is 0. The molecule has 1 saturated heterocycles. The lowest BCUT2D eigenvalue weighted by atomic mass is 9.78. The van der Waals surface area contributed by atoms with Crippen molar-refractivity contribution in [1.29, 1.82) is 0 Å². The quantitative estimate of drug-likeness (QED) is 0.815. The number of halogens is 1. The van der Waals surface area contributed by atoms with Gasteiger partial charge in [-0.05, 0) is 52.4 Å². The fraction of sp³-hybridized carbons (Fsp3) is 0.368. The fourth-order valence-electron chi connectivity index (χ4n) is 2.91. The third kappa shape index (κ3) is 3.54. The standard InChI is InChI=1S/C19H23BFNO4S/c1-18(2)19(3,4)26-20(25-18)15-11-10-13(12-16(15)21)14-8-6-7-9-17(14)27(23,24)22-5/h6-12,22H,1-5H3. The third-order valence-corrected chi connectivity index (χ3v) is 6.74. The van der Waals surface area contributed by atoms with Crippen LogP contribution in [0.3, 0.4) is 0 Å². The highest BCUT2D eigenvalue weighted by molar-refractivity contribution is 7.89. The van der Waals surface area contributed by atoms with Crippen LogP contribution in [0.2, 0.25) is 0 Å². The van der Waals surface area contributed by atoms with E-state index >= 15 is 0 Å². The summed E-state index contributed by atoms with van der Waals surface area (Å²) in [6.45, 7) is 7.60. The molecule has 0 unspecified atom stereocenters. The minimum Gasteiger partial charge on any atom is -0.399 e. The molecule has 5 nitrogen and oxygen atoms in total. The minimum atomic E-state index is -3.67. The molecule has 0 bridgehead atoms. The summed E-state index contributed by atoms with van der Waals surface area (Å²) in [5.74, 6) is -0.511. The molecule has 1 heterocycles. The molecular weight excluding hydrogens is 368 g/mol. The van der Waals surface area contributed by atoms with E-state index < -0.39 is 34.2 Å². The fourth-order valence-corrected chi connectivity index (χ4v) is 3.86. The van der Waals surface area contributed by atoms with E-state index in [2.05, 4.69) is 4.72 Å². The number of sulfonamides is 1. The highest BCUT2D eigenvalue weighted by Crippen LogP contribution is 2.37. The number of nitrogens with one attached hydrogen (secondary N) is 1. The summed E-state index contributed by atoms with van der Waals surface area (Å²) in [7, 11) is -3.15. The summed E-state index contributed by atoms with van der Waals surface area (Å²) in [4.78, 5) is 0.0929. The summed E-state index contributed by atoms with van der Waals surface area (Å²) in [5, 5.41) is 0. The van der Waals surface area contributed by atoms with Crippen molar-refractivity contribution in [3.8, 4) is 11.1 Å². The molecule has 0 atom stereocenters. The van der Waals surface area contributed by atoms with E-state index in [0.717, 1.165) is 0 Å². The summed E-state index contributed by atoms with van der Waals surface area (Å²) in [6.07, 6.45) is 0. The van der Waals surface area contributed by atoms with Crippen LogP contribution in [0.5, 0.6) is 0 Å². The maximum atomic E-state index is 14.9. The summed E-state index contributed by atoms with van der Waals surface area (Å²) < 4.78 is 53.5. The smallest absolute Gasteiger partial charge is 0.399 e. The van der Waals surface area contributed by atoms with Crippen LogP contribution in [0.4, 0.5) is 4.39 Å². The first kappa shape index (κ1) is 20.0. The van der Waals surface area contributed by atoms with Crippen molar-refractivity contribution in [3.05, 3.63) is 48.3 Å². The van der Waals surface area contributed by atoms with Crippen LogP contribution < -0.4 is 10.2 Å². The molecule has 1 N–H and O–H groups in total. The molecular formula is C19H23BFNO4S. The second-order valence-electron chi connectivity index (χ2n) is 7.53. The predicted molar refractivity (Wildman–Crippen MR) is 104 cm³/mol. The number of benzene rings is 2. The Balaban J connectivity index is 2.01. The Kier molecular flexibility index (Phi) is 4.97. The van der Waals surface area contributed by atoms with Gasteiger partial charge in [-0.3, -0.25) is 0 Å². The van der Waals surface area contributed by atoms with Crippen molar-refractivity contribution < 1.29 is 22.1 Å². The average molecular weight is 391 g/mol. The Labute approximate surface area is 160 Å². The molecule has 8 heteroatoms. The van der Waals surface area contributed by atoms with E-state index in [1.807, 2.05) is 27.7 Å². The molecule has 0 saturated carbocycles. The molecule has 1 fully saturated rings. The summed E-state index contributed by atoms with van der Waals surface area (Å²) in [6, 6.07) is 11.0. The Bertz CT molecular complexity index is 959. The van der Waals surface area contributed by atoms with E-state index in [-0.39, 0.29) is 10.4 Å². The Morgan fingerprint density at radius 3 is 2.15 bits per heavy atom. The van der Waals surface area contributed by atoms with Gasteiger partial charge in [0.2, 0.25) is 10.0 Å². The van der Waals surface area contributed by atoms with Crippen molar-refractivity contribution in [1.82, 2.24) is 4.72 Å². The van der Waals surface area contributed by atoms with Crippen LogP contribution in [-0.2, 0) is 19.3 Å². The van der Waals surface area contributed by atoms with Gasteiger partial charge in [0.1, 0.15) is 5.82 Å². The Morgan fingerprint density at radius 2 is 1.59 bits per heavy atom. The van der Waals surface area contributed by atoms with Crippen LogP contribution in [-0.4, -0.2) is 33.8 Å². The van der Waals surface area contributed by atoms with Crippen LogP contribution in [0.15, 0.2) is 47.4 Å². The maximum Gasteiger partial charge on any atom is 0.497 e. The van der Waals surface area contributed by atoms with E-state index in [1.165, 1.54) is 19.2 Å². The lowest BCUT2D eigenvalue weighted by Crippen LogP contribution is -2.41. The molecule has 0 aromatic heterocycles. The summed E-state index contributed by atoms with van der Waals surface area (Å²) in [5.41, 5.74) is 0.0201. The highest BCUT2D eigenvalue weighted by Gasteiger charge is 2.52. The molecule has 144 valence electrons. The van der Waals surface area contributed by atoms with Gasteiger partial charge in [-0.2, -0.15) is 0 Å².